The average molecular weight is 307 g/mol. The van der Waals surface area contributed by atoms with E-state index in [1.54, 1.807) is 10.9 Å². The van der Waals surface area contributed by atoms with Crippen LogP contribution >= 0.6 is 11.6 Å². The number of aliphatic hydroxyl groups is 1. The molecule has 1 N–H and O–H groups in total. The average Bonchev–Trinajstić information content (AvgIpc) is 2.87. The molecular weight excluding hydrogens is 288 g/mol. The van der Waals surface area contributed by atoms with E-state index >= 15 is 0 Å². The number of rotatable bonds is 4. The van der Waals surface area contributed by atoms with E-state index < -0.39 is 6.10 Å². The van der Waals surface area contributed by atoms with Crippen molar-refractivity contribution in [3.8, 4) is 5.75 Å². The topological polar surface area (TPSA) is 47.3 Å². The number of aliphatic hydroxyl groups excluding tert-OH is 1. The first-order valence-corrected chi connectivity index (χ1v) is 7.68. The van der Waals surface area contributed by atoms with Crippen LogP contribution in [0.4, 0.5) is 0 Å². The summed E-state index contributed by atoms with van der Waals surface area (Å²) in [5.41, 5.74) is 1.83. The maximum absolute atomic E-state index is 10.7. The van der Waals surface area contributed by atoms with E-state index in [4.69, 9.17) is 16.3 Å². The van der Waals surface area contributed by atoms with Crippen LogP contribution in [0.2, 0.25) is 5.02 Å². The van der Waals surface area contributed by atoms with Gasteiger partial charge in [-0.05, 0) is 24.5 Å². The van der Waals surface area contributed by atoms with Crippen molar-refractivity contribution in [1.29, 1.82) is 0 Å². The van der Waals surface area contributed by atoms with E-state index in [-0.39, 0.29) is 5.92 Å². The van der Waals surface area contributed by atoms with Crippen molar-refractivity contribution in [1.82, 2.24) is 9.78 Å². The Hall–Kier alpha value is -1.52. The summed E-state index contributed by atoms with van der Waals surface area (Å²) in [7, 11) is 0. The summed E-state index contributed by atoms with van der Waals surface area (Å²) in [4.78, 5) is 0. The second-order valence-electron chi connectivity index (χ2n) is 5.43. The summed E-state index contributed by atoms with van der Waals surface area (Å²) in [6.45, 7) is 3.32. The first kappa shape index (κ1) is 14.4. The SMILES string of the molecule is CCCn1ncc(Cl)c1C(O)C1COc2ccccc2C1. The molecule has 0 saturated heterocycles. The van der Waals surface area contributed by atoms with Gasteiger partial charge >= 0.3 is 0 Å². The van der Waals surface area contributed by atoms with Gasteiger partial charge in [0, 0.05) is 12.5 Å². The number of ether oxygens (including phenoxy) is 1. The molecule has 2 aromatic rings. The van der Waals surface area contributed by atoms with Crippen molar-refractivity contribution in [2.24, 2.45) is 5.92 Å². The summed E-state index contributed by atoms with van der Waals surface area (Å²) in [6, 6.07) is 7.96. The lowest BCUT2D eigenvalue weighted by atomic mass is 9.90. The lowest BCUT2D eigenvalue weighted by molar-refractivity contribution is 0.0578. The van der Waals surface area contributed by atoms with E-state index in [1.165, 1.54) is 0 Å². The van der Waals surface area contributed by atoms with Crippen LogP contribution in [0.1, 0.15) is 30.7 Å². The number of fused-ring (bicyclic) bond motifs is 1. The van der Waals surface area contributed by atoms with Crippen LogP contribution in [0.25, 0.3) is 0 Å². The zero-order valence-electron chi connectivity index (χ0n) is 12.0. The van der Waals surface area contributed by atoms with E-state index in [9.17, 15) is 5.11 Å². The number of para-hydroxylation sites is 1. The number of nitrogens with zero attached hydrogens (tertiary/aromatic N) is 2. The molecule has 0 spiro atoms. The fraction of sp³-hybridized carbons (Fsp3) is 0.438. The van der Waals surface area contributed by atoms with Crippen LogP contribution in [0.15, 0.2) is 30.5 Å². The Morgan fingerprint density at radius 1 is 1.48 bits per heavy atom. The molecule has 1 aromatic carbocycles. The molecule has 4 nitrogen and oxygen atoms in total. The van der Waals surface area contributed by atoms with Crippen molar-refractivity contribution in [3.05, 3.63) is 46.7 Å². The third-order valence-corrected chi connectivity index (χ3v) is 4.19. The summed E-state index contributed by atoms with van der Waals surface area (Å²) >= 11 is 6.21. The van der Waals surface area contributed by atoms with Crippen molar-refractivity contribution in [2.45, 2.75) is 32.4 Å². The van der Waals surface area contributed by atoms with E-state index in [0.29, 0.717) is 17.3 Å². The van der Waals surface area contributed by atoms with Crippen molar-refractivity contribution < 1.29 is 9.84 Å². The third-order valence-electron chi connectivity index (χ3n) is 3.90. The van der Waals surface area contributed by atoms with Gasteiger partial charge in [0.1, 0.15) is 11.9 Å². The molecule has 1 aliphatic heterocycles. The Morgan fingerprint density at radius 2 is 2.29 bits per heavy atom. The van der Waals surface area contributed by atoms with Crippen molar-refractivity contribution >= 4 is 11.6 Å². The van der Waals surface area contributed by atoms with Gasteiger partial charge in [0.25, 0.3) is 0 Å². The number of halogens is 1. The molecule has 2 heterocycles. The van der Waals surface area contributed by atoms with Gasteiger partial charge in [-0.2, -0.15) is 5.10 Å². The Labute approximate surface area is 129 Å². The molecule has 0 fully saturated rings. The van der Waals surface area contributed by atoms with Gasteiger partial charge < -0.3 is 9.84 Å². The highest BCUT2D eigenvalue weighted by Crippen LogP contribution is 2.35. The van der Waals surface area contributed by atoms with Crippen LogP contribution in [-0.4, -0.2) is 21.5 Å². The van der Waals surface area contributed by atoms with Gasteiger partial charge in [0.15, 0.2) is 0 Å². The summed E-state index contributed by atoms with van der Waals surface area (Å²) in [5, 5.41) is 15.5. The highest BCUT2D eigenvalue weighted by Gasteiger charge is 2.30. The lowest BCUT2D eigenvalue weighted by Crippen LogP contribution is -2.28. The zero-order chi connectivity index (χ0) is 14.8. The second-order valence-corrected chi connectivity index (χ2v) is 5.84. The first-order valence-electron chi connectivity index (χ1n) is 7.30. The first-order chi connectivity index (χ1) is 10.2. The molecule has 0 saturated carbocycles. The molecule has 0 aliphatic carbocycles. The molecule has 2 atom stereocenters. The summed E-state index contributed by atoms with van der Waals surface area (Å²) in [6.07, 6.45) is 2.67. The van der Waals surface area contributed by atoms with Crippen LogP contribution in [0.5, 0.6) is 5.75 Å². The predicted molar refractivity (Wildman–Crippen MR) is 81.6 cm³/mol. The Kier molecular flexibility index (Phi) is 4.17. The molecule has 0 bridgehead atoms. The van der Waals surface area contributed by atoms with Crippen LogP contribution in [-0.2, 0) is 13.0 Å². The molecule has 0 radical (unpaired) electrons. The smallest absolute Gasteiger partial charge is 0.122 e. The van der Waals surface area contributed by atoms with Gasteiger partial charge in [-0.15, -0.1) is 0 Å². The highest BCUT2D eigenvalue weighted by molar-refractivity contribution is 6.31. The predicted octanol–water partition coefficient (Wildman–Crippen LogP) is 3.23. The van der Waals surface area contributed by atoms with Crippen LogP contribution in [0.3, 0.4) is 0 Å². The third kappa shape index (κ3) is 2.78. The number of aromatic nitrogens is 2. The molecule has 3 rings (SSSR count). The minimum atomic E-state index is -0.667. The molecular formula is C16H19ClN2O2. The van der Waals surface area contributed by atoms with Crippen LogP contribution < -0.4 is 4.74 Å². The number of aryl methyl sites for hydroxylation is 1. The quantitative estimate of drug-likeness (QED) is 0.943. The number of hydrogen-bond acceptors (Lipinski definition) is 3. The van der Waals surface area contributed by atoms with Gasteiger partial charge in [-0.25, -0.2) is 0 Å². The van der Waals surface area contributed by atoms with Gasteiger partial charge in [0.2, 0.25) is 0 Å². The fourth-order valence-corrected chi connectivity index (χ4v) is 3.09. The Balaban J connectivity index is 1.84. The molecule has 21 heavy (non-hydrogen) atoms. The molecule has 0 amide bonds. The molecule has 2 unspecified atom stereocenters. The van der Waals surface area contributed by atoms with E-state index in [0.717, 1.165) is 30.7 Å². The summed E-state index contributed by atoms with van der Waals surface area (Å²) < 4.78 is 7.56. The minimum absolute atomic E-state index is 0.00953. The van der Waals surface area contributed by atoms with E-state index in [2.05, 4.69) is 12.0 Å². The molecule has 1 aromatic heterocycles. The maximum Gasteiger partial charge on any atom is 0.122 e. The molecule has 1 aliphatic rings. The fourth-order valence-electron chi connectivity index (χ4n) is 2.83. The lowest BCUT2D eigenvalue weighted by Gasteiger charge is -2.29. The van der Waals surface area contributed by atoms with Crippen molar-refractivity contribution in [3.63, 3.8) is 0 Å². The Morgan fingerprint density at radius 3 is 3.10 bits per heavy atom. The molecule has 112 valence electrons. The van der Waals surface area contributed by atoms with E-state index in [1.807, 2.05) is 24.3 Å². The highest BCUT2D eigenvalue weighted by atomic mass is 35.5. The normalized spacial score (nSPS) is 18.9. The zero-order valence-corrected chi connectivity index (χ0v) is 12.8. The molecule has 5 heteroatoms. The monoisotopic (exact) mass is 306 g/mol. The maximum atomic E-state index is 10.7. The van der Waals surface area contributed by atoms with Gasteiger partial charge in [-0.3, -0.25) is 4.68 Å². The van der Waals surface area contributed by atoms with Gasteiger partial charge in [-0.1, -0.05) is 36.7 Å². The van der Waals surface area contributed by atoms with Crippen molar-refractivity contribution in [2.75, 3.05) is 6.61 Å². The second kappa shape index (κ2) is 6.08. The Bertz CT molecular complexity index is 626. The summed E-state index contributed by atoms with van der Waals surface area (Å²) in [5.74, 6) is 0.902. The standard InChI is InChI=1S/C16H19ClN2O2/c1-2-7-19-15(13(17)9-18-19)16(20)12-8-11-5-3-4-6-14(11)21-10-12/h3-6,9,12,16,20H,2,7-8,10H2,1H3. The van der Waals surface area contributed by atoms with Crippen LogP contribution in [0, 0.1) is 5.92 Å². The largest absolute Gasteiger partial charge is 0.493 e. The number of hydrogen-bond donors (Lipinski definition) is 1. The number of benzene rings is 1. The minimum Gasteiger partial charge on any atom is -0.493 e. The van der Waals surface area contributed by atoms with Gasteiger partial charge in [0.05, 0.1) is 23.5 Å².